The summed E-state index contributed by atoms with van der Waals surface area (Å²) in [6.45, 7) is 0. The Morgan fingerprint density at radius 1 is 1.45 bits per heavy atom. The zero-order chi connectivity index (χ0) is 14.9. The molecule has 2 rings (SSSR count). The van der Waals surface area contributed by atoms with Crippen LogP contribution in [0.25, 0.3) is 16.6 Å². The summed E-state index contributed by atoms with van der Waals surface area (Å²) in [5, 5.41) is 11.9. The molecule has 0 aliphatic carbocycles. The molecule has 20 heavy (non-hydrogen) atoms. The fraction of sp³-hybridized carbons (Fsp3) is 0.167. The number of carboxylic acid groups (broad SMARTS) is 1. The number of halogens is 3. The molecule has 0 spiro atoms. The van der Waals surface area contributed by atoms with Crippen molar-refractivity contribution >= 4 is 23.4 Å². The highest BCUT2D eigenvalue weighted by Crippen LogP contribution is 2.34. The Bertz CT molecular complexity index is 671. The second-order valence-corrected chi connectivity index (χ2v) is 5.03. The number of carboxylic acids is 1. The molecular formula is C12H9F3N2O2S. The minimum absolute atomic E-state index is 0.331. The lowest BCUT2D eigenvalue weighted by molar-refractivity contribution is -0.141. The Morgan fingerprint density at radius 2 is 2.15 bits per heavy atom. The summed E-state index contributed by atoms with van der Waals surface area (Å²) in [5.41, 5.74) is -0.622. The Kier molecular flexibility index (Phi) is 3.67. The predicted molar refractivity (Wildman–Crippen MR) is 68.2 cm³/mol. The molecule has 0 atom stereocenters. The van der Waals surface area contributed by atoms with Gasteiger partial charge in [-0.1, -0.05) is 0 Å². The molecule has 106 valence electrons. The summed E-state index contributed by atoms with van der Waals surface area (Å²) in [6.07, 6.45) is -2.13. The van der Waals surface area contributed by atoms with Gasteiger partial charge in [0.15, 0.2) is 5.69 Å². The van der Waals surface area contributed by atoms with Crippen LogP contribution in [0.1, 0.15) is 10.6 Å². The van der Waals surface area contributed by atoms with Crippen LogP contribution < -0.4 is 0 Å². The number of alkyl halides is 3. The largest absolute Gasteiger partial charge is 0.478 e. The van der Waals surface area contributed by atoms with Crippen LogP contribution in [0.5, 0.6) is 0 Å². The van der Waals surface area contributed by atoms with Crippen LogP contribution in [0.2, 0.25) is 0 Å². The van der Waals surface area contributed by atoms with E-state index in [-0.39, 0.29) is 0 Å². The van der Waals surface area contributed by atoms with E-state index in [1.165, 1.54) is 24.5 Å². The van der Waals surface area contributed by atoms with Gasteiger partial charge in [-0.3, -0.25) is 4.68 Å². The van der Waals surface area contributed by atoms with Gasteiger partial charge < -0.3 is 5.11 Å². The van der Waals surface area contributed by atoms with Gasteiger partial charge in [-0.25, -0.2) is 4.79 Å². The third-order valence-electron chi connectivity index (χ3n) is 2.44. The number of carbonyl (C=O) groups is 1. The molecule has 0 saturated carbocycles. The van der Waals surface area contributed by atoms with Crippen LogP contribution in [-0.4, -0.2) is 20.9 Å². The van der Waals surface area contributed by atoms with Gasteiger partial charge in [-0.05, 0) is 24.3 Å². The van der Waals surface area contributed by atoms with Gasteiger partial charge in [-0.2, -0.15) is 18.3 Å². The van der Waals surface area contributed by atoms with Gasteiger partial charge in [0.1, 0.15) is 0 Å². The molecule has 2 aromatic heterocycles. The minimum Gasteiger partial charge on any atom is -0.478 e. The summed E-state index contributed by atoms with van der Waals surface area (Å²) in [4.78, 5) is 11.6. The molecule has 1 N–H and O–H groups in total. The number of hydrogen-bond donors (Lipinski definition) is 1. The molecule has 0 bridgehead atoms. The van der Waals surface area contributed by atoms with Crippen molar-refractivity contribution in [1.29, 1.82) is 0 Å². The van der Waals surface area contributed by atoms with Crippen molar-refractivity contribution in [2.45, 2.75) is 6.18 Å². The van der Waals surface area contributed by atoms with E-state index >= 15 is 0 Å². The number of aromatic nitrogens is 2. The van der Waals surface area contributed by atoms with Crippen LogP contribution in [0.4, 0.5) is 13.2 Å². The first-order valence-electron chi connectivity index (χ1n) is 5.40. The highest BCUT2D eigenvalue weighted by Gasteiger charge is 2.34. The van der Waals surface area contributed by atoms with E-state index in [0.717, 1.165) is 16.8 Å². The fourth-order valence-corrected chi connectivity index (χ4v) is 2.53. The lowest BCUT2D eigenvalue weighted by Crippen LogP contribution is -2.06. The maximum Gasteiger partial charge on any atom is 0.435 e. The van der Waals surface area contributed by atoms with Gasteiger partial charge in [0.05, 0.1) is 10.6 Å². The fourth-order valence-electron chi connectivity index (χ4n) is 1.57. The summed E-state index contributed by atoms with van der Waals surface area (Å²) in [5.74, 6) is -1.08. The molecular weight excluding hydrogens is 293 g/mol. The standard InChI is InChI=1S/C12H9F3N2O2S/c1-17-8(6-10(16-17)12(13,14)15)9-4-2-7(20-9)3-5-11(18)19/h2-6H,1H3,(H,18,19). The van der Waals surface area contributed by atoms with Gasteiger partial charge >= 0.3 is 12.1 Å². The van der Waals surface area contributed by atoms with E-state index < -0.39 is 17.8 Å². The Labute approximate surface area is 115 Å². The molecule has 4 nitrogen and oxygen atoms in total. The molecule has 0 radical (unpaired) electrons. The van der Waals surface area contributed by atoms with Gasteiger partial charge in [0.2, 0.25) is 0 Å². The van der Waals surface area contributed by atoms with Gasteiger partial charge in [0, 0.05) is 18.0 Å². The molecule has 2 heterocycles. The van der Waals surface area contributed by atoms with Crippen molar-refractivity contribution < 1.29 is 23.1 Å². The van der Waals surface area contributed by atoms with Crippen LogP contribution in [0.15, 0.2) is 24.3 Å². The number of hydrogen-bond acceptors (Lipinski definition) is 3. The third-order valence-corrected chi connectivity index (χ3v) is 3.51. The van der Waals surface area contributed by atoms with E-state index in [2.05, 4.69) is 5.10 Å². The summed E-state index contributed by atoms with van der Waals surface area (Å²) >= 11 is 1.19. The second kappa shape index (κ2) is 5.12. The van der Waals surface area contributed by atoms with Crippen molar-refractivity contribution in [3.8, 4) is 10.6 Å². The van der Waals surface area contributed by atoms with E-state index in [1.54, 1.807) is 12.1 Å². The number of aliphatic carboxylic acids is 1. The van der Waals surface area contributed by atoms with Crippen LogP contribution in [-0.2, 0) is 18.0 Å². The smallest absolute Gasteiger partial charge is 0.435 e. The van der Waals surface area contributed by atoms with E-state index in [9.17, 15) is 18.0 Å². The third kappa shape index (κ3) is 3.08. The summed E-state index contributed by atoms with van der Waals surface area (Å²) in [7, 11) is 1.43. The first-order chi connectivity index (χ1) is 9.27. The van der Waals surface area contributed by atoms with E-state index in [1.807, 2.05) is 0 Å². The Morgan fingerprint density at radius 3 is 2.70 bits per heavy atom. The second-order valence-electron chi connectivity index (χ2n) is 3.91. The topological polar surface area (TPSA) is 55.1 Å². The SMILES string of the molecule is Cn1nc(C(F)(F)F)cc1-c1ccc(C=CC(=O)O)s1. The van der Waals surface area contributed by atoms with E-state index in [0.29, 0.717) is 15.4 Å². The van der Waals surface area contributed by atoms with Crippen molar-refractivity contribution in [2.75, 3.05) is 0 Å². The molecule has 0 aliphatic rings. The average molecular weight is 302 g/mol. The molecule has 2 aromatic rings. The first kappa shape index (κ1) is 14.3. The maximum absolute atomic E-state index is 12.6. The average Bonchev–Trinajstić information content (AvgIpc) is 2.91. The van der Waals surface area contributed by atoms with E-state index in [4.69, 9.17) is 5.11 Å². The lowest BCUT2D eigenvalue weighted by atomic mass is 10.3. The van der Waals surface area contributed by atoms with Gasteiger partial charge in [0.25, 0.3) is 0 Å². The summed E-state index contributed by atoms with van der Waals surface area (Å²) < 4.78 is 38.8. The number of aryl methyl sites for hydroxylation is 1. The monoisotopic (exact) mass is 302 g/mol. The summed E-state index contributed by atoms with van der Waals surface area (Å²) in [6, 6.07) is 4.24. The maximum atomic E-state index is 12.6. The molecule has 0 amide bonds. The normalized spacial score (nSPS) is 12.2. The number of rotatable bonds is 3. The molecule has 0 unspecified atom stereocenters. The van der Waals surface area contributed by atoms with Gasteiger partial charge in [-0.15, -0.1) is 11.3 Å². The molecule has 0 fully saturated rings. The highest BCUT2D eigenvalue weighted by molar-refractivity contribution is 7.16. The predicted octanol–water partition coefficient (Wildman–Crippen LogP) is 3.27. The number of thiophene rings is 1. The quantitative estimate of drug-likeness (QED) is 0.885. The molecule has 0 aromatic carbocycles. The Balaban J connectivity index is 2.33. The van der Waals surface area contributed by atoms with Crippen LogP contribution in [0.3, 0.4) is 0 Å². The van der Waals surface area contributed by atoms with Crippen molar-refractivity contribution in [3.63, 3.8) is 0 Å². The first-order valence-corrected chi connectivity index (χ1v) is 6.21. The van der Waals surface area contributed by atoms with Crippen molar-refractivity contribution in [1.82, 2.24) is 9.78 Å². The number of nitrogens with zero attached hydrogens (tertiary/aromatic N) is 2. The zero-order valence-corrected chi connectivity index (χ0v) is 11.0. The lowest BCUT2D eigenvalue weighted by Gasteiger charge is -1.98. The minimum atomic E-state index is -4.49. The molecule has 0 saturated heterocycles. The van der Waals surface area contributed by atoms with Crippen molar-refractivity contribution in [2.24, 2.45) is 7.05 Å². The highest BCUT2D eigenvalue weighted by atomic mass is 32.1. The zero-order valence-electron chi connectivity index (χ0n) is 10.2. The van der Waals surface area contributed by atoms with Crippen molar-refractivity contribution in [3.05, 3.63) is 34.8 Å². The van der Waals surface area contributed by atoms with Crippen LogP contribution in [0, 0.1) is 0 Å². The van der Waals surface area contributed by atoms with Crippen LogP contribution >= 0.6 is 11.3 Å². The Hall–Kier alpha value is -2.09. The molecule has 0 aliphatic heterocycles. The molecule has 8 heteroatoms.